The highest BCUT2D eigenvalue weighted by atomic mass is 16.5. The van der Waals surface area contributed by atoms with Crippen LogP contribution >= 0.6 is 0 Å². The van der Waals surface area contributed by atoms with Crippen molar-refractivity contribution < 1.29 is 4.74 Å². The monoisotopic (exact) mass is 153 g/mol. The van der Waals surface area contributed by atoms with Crippen LogP contribution in [0.1, 0.15) is 18.6 Å². The van der Waals surface area contributed by atoms with Crippen LogP contribution < -0.4 is 0 Å². The van der Waals surface area contributed by atoms with E-state index in [4.69, 9.17) is 4.74 Å². The van der Waals surface area contributed by atoms with Gasteiger partial charge in [0.1, 0.15) is 12.4 Å². The van der Waals surface area contributed by atoms with Crippen molar-refractivity contribution in [3.8, 4) is 0 Å². The van der Waals surface area contributed by atoms with Gasteiger partial charge in [0.05, 0.1) is 5.76 Å². The number of aromatic amines is 1. The molecule has 0 amide bonds. The van der Waals surface area contributed by atoms with Crippen molar-refractivity contribution in [3.05, 3.63) is 24.0 Å². The first-order chi connectivity index (χ1) is 5.18. The van der Waals surface area contributed by atoms with Gasteiger partial charge in [-0.3, -0.25) is 5.10 Å². The van der Waals surface area contributed by atoms with E-state index in [-0.39, 0.29) is 0 Å². The standard InChI is InChI=1S/C7H11N3O/c1-5(2)11-4-7-8-6(3)9-10-7/h1,4H2,2-3H3,(H,8,9,10). The summed E-state index contributed by atoms with van der Waals surface area (Å²) in [6.07, 6.45) is 0. The van der Waals surface area contributed by atoms with E-state index in [2.05, 4.69) is 21.8 Å². The molecule has 4 heteroatoms. The average Bonchev–Trinajstić information content (AvgIpc) is 2.31. The molecule has 0 fully saturated rings. The molecule has 4 nitrogen and oxygen atoms in total. The lowest BCUT2D eigenvalue weighted by atomic mass is 10.6. The molecule has 0 saturated heterocycles. The van der Waals surface area contributed by atoms with Crippen LogP contribution in [-0.4, -0.2) is 15.2 Å². The molecule has 11 heavy (non-hydrogen) atoms. The summed E-state index contributed by atoms with van der Waals surface area (Å²) in [5.41, 5.74) is 0. The van der Waals surface area contributed by atoms with Crippen LogP contribution in [0.3, 0.4) is 0 Å². The van der Waals surface area contributed by atoms with Crippen molar-refractivity contribution in [3.63, 3.8) is 0 Å². The Morgan fingerprint density at radius 1 is 1.73 bits per heavy atom. The minimum absolute atomic E-state index is 0.389. The van der Waals surface area contributed by atoms with Crippen molar-refractivity contribution in [2.75, 3.05) is 0 Å². The molecule has 0 radical (unpaired) electrons. The number of hydrogen-bond acceptors (Lipinski definition) is 3. The topological polar surface area (TPSA) is 50.8 Å². The van der Waals surface area contributed by atoms with Gasteiger partial charge in [0.2, 0.25) is 0 Å². The van der Waals surface area contributed by atoms with Crippen LogP contribution in [-0.2, 0) is 11.3 Å². The van der Waals surface area contributed by atoms with E-state index < -0.39 is 0 Å². The number of rotatable bonds is 3. The van der Waals surface area contributed by atoms with Crippen LogP contribution in [0.25, 0.3) is 0 Å². The maximum atomic E-state index is 5.10. The molecule has 1 rings (SSSR count). The van der Waals surface area contributed by atoms with Gasteiger partial charge in [0.25, 0.3) is 0 Å². The Bertz CT molecular complexity index is 254. The molecule has 1 aromatic rings. The van der Waals surface area contributed by atoms with Crippen molar-refractivity contribution in [1.29, 1.82) is 0 Å². The summed E-state index contributed by atoms with van der Waals surface area (Å²) in [6.45, 7) is 7.61. The molecule has 1 N–H and O–H groups in total. The molecule has 0 bridgehead atoms. The predicted molar refractivity (Wildman–Crippen MR) is 40.7 cm³/mol. The number of aryl methyl sites for hydroxylation is 1. The normalized spacial score (nSPS) is 9.64. The minimum Gasteiger partial charge on any atom is -0.491 e. The van der Waals surface area contributed by atoms with Crippen LogP contribution in [0.5, 0.6) is 0 Å². The molecule has 60 valence electrons. The van der Waals surface area contributed by atoms with Gasteiger partial charge < -0.3 is 4.74 Å². The van der Waals surface area contributed by atoms with E-state index in [9.17, 15) is 0 Å². The zero-order valence-electron chi connectivity index (χ0n) is 6.72. The molecule has 0 aromatic carbocycles. The summed E-state index contributed by atoms with van der Waals surface area (Å²) in [6, 6.07) is 0. The maximum Gasteiger partial charge on any atom is 0.188 e. The van der Waals surface area contributed by atoms with Gasteiger partial charge in [-0.2, -0.15) is 5.10 Å². The Balaban J connectivity index is 2.45. The quantitative estimate of drug-likeness (QED) is 0.663. The fraction of sp³-hybridized carbons (Fsp3) is 0.429. The van der Waals surface area contributed by atoms with E-state index in [1.807, 2.05) is 6.92 Å². The third kappa shape index (κ3) is 2.41. The van der Waals surface area contributed by atoms with Crippen LogP contribution in [0.2, 0.25) is 0 Å². The molecule has 1 heterocycles. The Morgan fingerprint density at radius 2 is 2.45 bits per heavy atom. The first-order valence-electron chi connectivity index (χ1n) is 3.34. The molecule has 0 atom stereocenters. The first kappa shape index (κ1) is 7.78. The summed E-state index contributed by atoms with van der Waals surface area (Å²) in [4.78, 5) is 4.05. The second-order valence-electron chi connectivity index (χ2n) is 2.33. The van der Waals surface area contributed by atoms with Crippen LogP contribution in [0, 0.1) is 6.92 Å². The summed E-state index contributed by atoms with van der Waals surface area (Å²) in [5, 5.41) is 6.61. The molecule has 0 saturated carbocycles. The Morgan fingerprint density at radius 3 is 2.91 bits per heavy atom. The number of aromatic nitrogens is 3. The number of H-pyrrole nitrogens is 1. The van der Waals surface area contributed by atoms with Crippen molar-refractivity contribution in [2.45, 2.75) is 20.5 Å². The predicted octanol–water partition coefficient (Wildman–Crippen LogP) is 1.16. The van der Waals surface area contributed by atoms with Gasteiger partial charge in [-0.15, -0.1) is 0 Å². The van der Waals surface area contributed by atoms with Crippen molar-refractivity contribution >= 4 is 0 Å². The van der Waals surface area contributed by atoms with Gasteiger partial charge in [0, 0.05) is 0 Å². The minimum atomic E-state index is 0.389. The van der Waals surface area contributed by atoms with Gasteiger partial charge >= 0.3 is 0 Å². The molecular formula is C7H11N3O. The Hall–Kier alpha value is -1.32. The molecule has 0 aliphatic rings. The van der Waals surface area contributed by atoms with E-state index >= 15 is 0 Å². The highest BCUT2D eigenvalue weighted by molar-refractivity contribution is 4.86. The second kappa shape index (κ2) is 3.18. The SMILES string of the molecule is C=C(C)OCc1n[nH]c(C)n1. The van der Waals surface area contributed by atoms with Gasteiger partial charge in [-0.05, 0) is 13.8 Å². The fourth-order valence-electron chi connectivity index (χ4n) is 0.641. The zero-order chi connectivity index (χ0) is 8.27. The highest BCUT2D eigenvalue weighted by Crippen LogP contribution is 1.97. The number of ether oxygens (including phenoxy) is 1. The Labute approximate surface area is 65.3 Å². The lowest BCUT2D eigenvalue weighted by Crippen LogP contribution is -1.92. The highest BCUT2D eigenvalue weighted by Gasteiger charge is 1.98. The summed E-state index contributed by atoms with van der Waals surface area (Å²) >= 11 is 0. The lowest BCUT2D eigenvalue weighted by Gasteiger charge is -1.99. The number of hydrogen-bond donors (Lipinski definition) is 1. The molecule has 0 aliphatic heterocycles. The van der Waals surface area contributed by atoms with Crippen molar-refractivity contribution in [2.24, 2.45) is 0 Å². The van der Waals surface area contributed by atoms with Crippen LogP contribution in [0.15, 0.2) is 12.3 Å². The van der Waals surface area contributed by atoms with E-state index in [1.54, 1.807) is 6.92 Å². The van der Waals surface area contributed by atoms with E-state index in [0.29, 0.717) is 18.2 Å². The number of nitrogens with zero attached hydrogens (tertiary/aromatic N) is 2. The van der Waals surface area contributed by atoms with Gasteiger partial charge in [-0.1, -0.05) is 6.58 Å². The largest absolute Gasteiger partial charge is 0.491 e. The molecule has 1 aromatic heterocycles. The molecular weight excluding hydrogens is 142 g/mol. The van der Waals surface area contributed by atoms with Gasteiger partial charge in [0.15, 0.2) is 5.82 Å². The van der Waals surface area contributed by atoms with Crippen LogP contribution in [0.4, 0.5) is 0 Å². The first-order valence-corrected chi connectivity index (χ1v) is 3.34. The number of nitrogens with one attached hydrogen (secondary N) is 1. The van der Waals surface area contributed by atoms with Gasteiger partial charge in [-0.25, -0.2) is 4.98 Å². The van der Waals surface area contributed by atoms with Crippen molar-refractivity contribution in [1.82, 2.24) is 15.2 Å². The maximum absolute atomic E-state index is 5.10. The third-order valence-electron chi connectivity index (χ3n) is 1.09. The third-order valence-corrected chi connectivity index (χ3v) is 1.09. The van der Waals surface area contributed by atoms with E-state index in [1.165, 1.54) is 0 Å². The molecule has 0 spiro atoms. The lowest BCUT2D eigenvalue weighted by molar-refractivity contribution is 0.195. The average molecular weight is 153 g/mol. The van der Waals surface area contributed by atoms with E-state index in [0.717, 1.165) is 5.82 Å². The summed E-state index contributed by atoms with van der Waals surface area (Å²) < 4.78 is 5.10. The second-order valence-corrected chi connectivity index (χ2v) is 2.33. The molecule has 0 unspecified atom stereocenters. The number of allylic oxidation sites excluding steroid dienone is 1. The summed E-state index contributed by atoms with van der Waals surface area (Å²) in [7, 11) is 0. The smallest absolute Gasteiger partial charge is 0.188 e. The zero-order valence-corrected chi connectivity index (χ0v) is 6.72. The Kier molecular flexibility index (Phi) is 2.25. The fourth-order valence-corrected chi connectivity index (χ4v) is 0.641. The molecule has 0 aliphatic carbocycles. The summed E-state index contributed by atoms with van der Waals surface area (Å²) in [5.74, 6) is 2.13.